The first-order valence-electron chi connectivity index (χ1n) is 9.02. The van der Waals surface area contributed by atoms with Gasteiger partial charge in [-0.1, -0.05) is 43.5 Å². The quantitative estimate of drug-likeness (QED) is 0.718. The van der Waals surface area contributed by atoms with Crippen molar-refractivity contribution >= 4 is 29.1 Å². The summed E-state index contributed by atoms with van der Waals surface area (Å²) < 4.78 is 1.82. The minimum Gasteiger partial charge on any atom is -0.346 e. The highest BCUT2D eigenvalue weighted by molar-refractivity contribution is 6.42. The third-order valence-electron chi connectivity index (χ3n) is 4.16. The smallest absolute Gasteiger partial charge is 0.255 e. The maximum Gasteiger partial charge on any atom is 0.255 e. The number of hydrogen-bond donors (Lipinski definition) is 2. The summed E-state index contributed by atoms with van der Waals surface area (Å²) in [4.78, 5) is 14.1. The predicted molar refractivity (Wildman–Crippen MR) is 107 cm³/mol. The SMILES string of the molecule is CCCc1nn(-c2ccc(Cl)c(Cl)c2)c(CC)c1C(=O)NCC[NH+](C)C. The molecule has 0 radical (unpaired) electrons. The van der Waals surface area contributed by atoms with Gasteiger partial charge in [-0.25, -0.2) is 4.68 Å². The van der Waals surface area contributed by atoms with E-state index in [9.17, 15) is 4.79 Å². The highest BCUT2D eigenvalue weighted by Crippen LogP contribution is 2.27. The second kappa shape index (κ2) is 9.40. The van der Waals surface area contributed by atoms with E-state index in [4.69, 9.17) is 28.3 Å². The lowest BCUT2D eigenvalue weighted by Crippen LogP contribution is -3.06. The number of benzene rings is 1. The van der Waals surface area contributed by atoms with Crippen molar-refractivity contribution in [2.75, 3.05) is 27.2 Å². The van der Waals surface area contributed by atoms with Crippen molar-refractivity contribution in [3.8, 4) is 5.69 Å². The fraction of sp³-hybridized carbons (Fsp3) is 0.474. The van der Waals surface area contributed by atoms with Crippen LogP contribution in [0.5, 0.6) is 0 Å². The zero-order chi connectivity index (χ0) is 19.3. The van der Waals surface area contributed by atoms with Gasteiger partial charge < -0.3 is 10.2 Å². The number of halogens is 2. The molecule has 1 heterocycles. The molecule has 2 N–H and O–H groups in total. The van der Waals surface area contributed by atoms with Crippen molar-refractivity contribution in [1.82, 2.24) is 15.1 Å². The second-order valence-corrected chi connectivity index (χ2v) is 7.41. The molecular formula is C19H27Cl2N4O+. The number of nitrogens with one attached hydrogen (secondary N) is 2. The van der Waals surface area contributed by atoms with Crippen LogP contribution < -0.4 is 10.2 Å². The van der Waals surface area contributed by atoms with E-state index in [0.717, 1.165) is 36.5 Å². The maximum atomic E-state index is 12.8. The molecule has 0 unspecified atom stereocenters. The van der Waals surface area contributed by atoms with Crippen LogP contribution in [0.15, 0.2) is 18.2 Å². The Kier molecular flexibility index (Phi) is 7.50. The summed E-state index contributed by atoms with van der Waals surface area (Å²) in [5, 5.41) is 8.72. The van der Waals surface area contributed by atoms with Crippen molar-refractivity contribution in [2.24, 2.45) is 0 Å². The molecule has 0 saturated carbocycles. The lowest BCUT2D eigenvalue weighted by molar-refractivity contribution is -0.856. The zero-order valence-electron chi connectivity index (χ0n) is 15.8. The van der Waals surface area contributed by atoms with Crippen molar-refractivity contribution in [3.05, 3.63) is 45.2 Å². The molecule has 0 aliphatic heterocycles. The van der Waals surface area contributed by atoms with Crippen LogP contribution in [0.3, 0.4) is 0 Å². The summed E-state index contributed by atoms with van der Waals surface area (Å²) in [5.74, 6) is -0.0575. The summed E-state index contributed by atoms with van der Waals surface area (Å²) in [7, 11) is 4.13. The number of carbonyl (C=O) groups excluding carboxylic acids is 1. The molecule has 1 aromatic carbocycles. The van der Waals surface area contributed by atoms with E-state index < -0.39 is 0 Å². The Morgan fingerprint density at radius 2 is 1.96 bits per heavy atom. The first kappa shape index (κ1) is 20.7. The first-order valence-corrected chi connectivity index (χ1v) is 9.78. The Morgan fingerprint density at radius 3 is 2.54 bits per heavy atom. The van der Waals surface area contributed by atoms with Gasteiger partial charge in [0.1, 0.15) is 0 Å². The Bertz CT molecular complexity index is 771. The van der Waals surface area contributed by atoms with Gasteiger partial charge in [0.05, 0.1) is 59.9 Å². The summed E-state index contributed by atoms with van der Waals surface area (Å²) >= 11 is 12.2. The van der Waals surface area contributed by atoms with Crippen LogP contribution in [0.1, 0.15) is 42.0 Å². The number of quaternary nitrogens is 1. The Balaban J connectivity index is 2.44. The molecule has 142 valence electrons. The number of aromatic nitrogens is 2. The molecule has 7 heteroatoms. The maximum absolute atomic E-state index is 12.8. The van der Waals surface area contributed by atoms with Crippen molar-refractivity contribution in [3.63, 3.8) is 0 Å². The molecule has 2 aromatic rings. The van der Waals surface area contributed by atoms with Crippen LogP contribution in [0.4, 0.5) is 0 Å². The van der Waals surface area contributed by atoms with Gasteiger partial charge in [0, 0.05) is 0 Å². The molecule has 0 spiro atoms. The third-order valence-corrected chi connectivity index (χ3v) is 4.90. The van der Waals surface area contributed by atoms with E-state index in [0.29, 0.717) is 28.6 Å². The van der Waals surface area contributed by atoms with Gasteiger partial charge in [0.2, 0.25) is 0 Å². The van der Waals surface area contributed by atoms with Gasteiger partial charge in [-0.3, -0.25) is 4.79 Å². The highest BCUT2D eigenvalue weighted by Gasteiger charge is 2.23. The average molecular weight is 398 g/mol. The normalized spacial score (nSPS) is 11.2. The molecular weight excluding hydrogens is 371 g/mol. The van der Waals surface area contributed by atoms with Gasteiger partial charge in [-0.2, -0.15) is 5.10 Å². The van der Waals surface area contributed by atoms with Gasteiger partial charge >= 0.3 is 0 Å². The zero-order valence-corrected chi connectivity index (χ0v) is 17.3. The van der Waals surface area contributed by atoms with Gasteiger partial charge in [-0.15, -0.1) is 0 Å². The topological polar surface area (TPSA) is 51.4 Å². The van der Waals surface area contributed by atoms with E-state index in [1.165, 1.54) is 4.90 Å². The van der Waals surface area contributed by atoms with Crippen LogP contribution in [0.25, 0.3) is 5.69 Å². The number of nitrogens with zero attached hydrogens (tertiary/aromatic N) is 2. The van der Waals surface area contributed by atoms with Crippen LogP contribution in [-0.2, 0) is 12.8 Å². The first-order chi connectivity index (χ1) is 12.4. The number of amides is 1. The molecule has 1 amide bonds. The van der Waals surface area contributed by atoms with E-state index in [-0.39, 0.29) is 5.91 Å². The van der Waals surface area contributed by atoms with Gasteiger partial charge in [0.25, 0.3) is 5.91 Å². The third kappa shape index (κ3) is 4.78. The summed E-state index contributed by atoms with van der Waals surface area (Å²) in [6.45, 7) is 5.62. The Morgan fingerprint density at radius 1 is 1.23 bits per heavy atom. The molecule has 0 aliphatic rings. The number of aryl methyl sites for hydroxylation is 1. The fourth-order valence-corrected chi connectivity index (χ4v) is 3.14. The molecule has 0 aliphatic carbocycles. The van der Waals surface area contributed by atoms with Crippen LogP contribution in [0.2, 0.25) is 10.0 Å². The number of hydrogen-bond acceptors (Lipinski definition) is 2. The molecule has 26 heavy (non-hydrogen) atoms. The molecule has 5 nitrogen and oxygen atoms in total. The monoisotopic (exact) mass is 397 g/mol. The standard InChI is InChI=1S/C19H26Cl2N4O/c1-5-7-16-18(19(26)22-10-11-24(3)4)17(6-2)25(23-16)13-8-9-14(20)15(21)12-13/h8-9,12H,5-7,10-11H2,1-4H3,(H,22,26)/p+1. The van der Waals surface area contributed by atoms with Crippen LogP contribution >= 0.6 is 23.2 Å². The molecule has 2 rings (SSSR count). The van der Waals surface area contributed by atoms with E-state index in [2.05, 4.69) is 26.3 Å². The average Bonchev–Trinajstić information content (AvgIpc) is 2.95. The molecule has 0 saturated heterocycles. The number of likely N-dealkylation sites (N-methyl/N-ethyl adjacent to an activating group) is 1. The van der Waals surface area contributed by atoms with E-state index in [1.54, 1.807) is 12.1 Å². The molecule has 1 aromatic heterocycles. The molecule has 0 bridgehead atoms. The lowest BCUT2D eigenvalue weighted by Gasteiger charge is -2.11. The van der Waals surface area contributed by atoms with Crippen molar-refractivity contribution < 1.29 is 9.69 Å². The van der Waals surface area contributed by atoms with E-state index >= 15 is 0 Å². The van der Waals surface area contributed by atoms with Crippen molar-refractivity contribution in [1.29, 1.82) is 0 Å². The highest BCUT2D eigenvalue weighted by atomic mass is 35.5. The predicted octanol–water partition coefficient (Wildman–Crippen LogP) is 2.57. The van der Waals surface area contributed by atoms with Crippen LogP contribution in [-0.4, -0.2) is 42.9 Å². The summed E-state index contributed by atoms with van der Waals surface area (Å²) in [6.07, 6.45) is 2.37. The summed E-state index contributed by atoms with van der Waals surface area (Å²) in [6, 6.07) is 5.40. The van der Waals surface area contributed by atoms with E-state index in [1.807, 2.05) is 17.7 Å². The minimum absolute atomic E-state index is 0.0575. The largest absolute Gasteiger partial charge is 0.346 e. The molecule has 0 atom stereocenters. The van der Waals surface area contributed by atoms with Crippen LogP contribution in [0, 0.1) is 0 Å². The number of rotatable bonds is 8. The Hall–Kier alpha value is -1.56. The lowest BCUT2D eigenvalue weighted by atomic mass is 10.1. The van der Waals surface area contributed by atoms with Gasteiger partial charge in [-0.05, 0) is 31.0 Å². The van der Waals surface area contributed by atoms with Crippen molar-refractivity contribution in [2.45, 2.75) is 33.1 Å². The van der Waals surface area contributed by atoms with Gasteiger partial charge in [0.15, 0.2) is 0 Å². The minimum atomic E-state index is -0.0575. The Labute approximate surface area is 165 Å². The summed E-state index contributed by atoms with van der Waals surface area (Å²) in [5.41, 5.74) is 3.21. The second-order valence-electron chi connectivity index (χ2n) is 6.60. The number of carbonyl (C=O) groups is 1. The molecule has 0 fully saturated rings. The fourth-order valence-electron chi connectivity index (χ4n) is 2.85.